The van der Waals surface area contributed by atoms with Gasteiger partial charge >= 0.3 is 0 Å². The second-order valence-corrected chi connectivity index (χ2v) is 9.79. The summed E-state index contributed by atoms with van der Waals surface area (Å²) in [7, 11) is 0. The van der Waals surface area contributed by atoms with Gasteiger partial charge in [-0.3, -0.25) is 9.59 Å². The van der Waals surface area contributed by atoms with Crippen LogP contribution in [0.2, 0.25) is 0 Å². The molecule has 0 spiro atoms. The smallest absolute Gasteiger partial charge is 0.259 e. The molecule has 2 aromatic heterocycles. The maximum Gasteiger partial charge on any atom is 0.259 e. The van der Waals surface area contributed by atoms with Gasteiger partial charge in [0.1, 0.15) is 10.7 Å². The van der Waals surface area contributed by atoms with Crippen LogP contribution in [0.4, 0.5) is 5.69 Å². The third kappa shape index (κ3) is 3.73. The van der Waals surface area contributed by atoms with E-state index in [4.69, 9.17) is 0 Å². The van der Waals surface area contributed by atoms with Gasteiger partial charge in [-0.1, -0.05) is 6.07 Å². The van der Waals surface area contributed by atoms with Crippen LogP contribution < -0.4 is 10.9 Å². The maximum atomic E-state index is 12.5. The lowest BCUT2D eigenvalue weighted by atomic mass is 10.1. The van der Waals surface area contributed by atoms with Gasteiger partial charge in [-0.2, -0.15) is 0 Å². The SMILES string of the molecule is Cc1sc2nc(CS[C@H](C)C(=O)Nc3ccc4c(c3)CCC4)[nH]c(=O)c2c1C. The van der Waals surface area contributed by atoms with Gasteiger partial charge in [0.15, 0.2) is 0 Å². The van der Waals surface area contributed by atoms with Crippen LogP contribution in [0, 0.1) is 13.8 Å². The van der Waals surface area contributed by atoms with E-state index in [1.807, 2.05) is 26.8 Å². The van der Waals surface area contributed by atoms with E-state index in [1.165, 1.54) is 40.6 Å². The molecule has 1 aliphatic rings. The van der Waals surface area contributed by atoms with E-state index in [0.29, 0.717) is 17.0 Å². The van der Waals surface area contributed by atoms with Gasteiger partial charge in [0.25, 0.3) is 5.56 Å². The van der Waals surface area contributed by atoms with E-state index < -0.39 is 0 Å². The molecule has 0 bridgehead atoms. The summed E-state index contributed by atoms with van der Waals surface area (Å²) in [6.45, 7) is 5.83. The highest BCUT2D eigenvalue weighted by atomic mass is 32.2. The van der Waals surface area contributed by atoms with E-state index in [0.717, 1.165) is 33.8 Å². The van der Waals surface area contributed by atoms with Crippen molar-refractivity contribution in [3.05, 3.63) is 55.9 Å². The molecule has 1 aliphatic carbocycles. The van der Waals surface area contributed by atoms with E-state index in [9.17, 15) is 9.59 Å². The Morgan fingerprint density at radius 1 is 1.32 bits per heavy atom. The van der Waals surface area contributed by atoms with Gasteiger partial charge in [-0.15, -0.1) is 23.1 Å². The van der Waals surface area contributed by atoms with Gasteiger partial charge in [0, 0.05) is 10.6 Å². The molecule has 0 unspecified atom stereocenters. The fourth-order valence-corrected chi connectivity index (χ4v) is 5.34. The number of nitrogens with zero attached hydrogens (tertiary/aromatic N) is 1. The molecule has 1 amide bonds. The average Bonchev–Trinajstić information content (AvgIpc) is 3.23. The fraction of sp³-hybridized carbons (Fsp3) is 0.381. The number of benzene rings is 1. The molecule has 28 heavy (non-hydrogen) atoms. The van der Waals surface area contributed by atoms with E-state index in [-0.39, 0.29) is 16.7 Å². The number of thioether (sulfide) groups is 1. The van der Waals surface area contributed by atoms with Gasteiger partial charge in [0.2, 0.25) is 5.91 Å². The van der Waals surface area contributed by atoms with Crippen LogP contribution in [0.5, 0.6) is 0 Å². The molecule has 2 heterocycles. The van der Waals surface area contributed by atoms with Crippen molar-refractivity contribution >= 4 is 44.9 Å². The molecule has 1 atom stereocenters. The topological polar surface area (TPSA) is 74.8 Å². The fourth-order valence-electron chi connectivity index (χ4n) is 3.54. The standard InChI is InChI=1S/C21H23N3O2S2/c1-11-12(2)28-21-18(11)20(26)23-17(24-21)10-27-13(3)19(25)22-16-8-7-14-5-4-6-15(14)9-16/h7-9,13H,4-6,10H2,1-3H3,(H,22,25)(H,23,24,26)/t13-/m1/s1. The first-order valence-electron chi connectivity index (χ1n) is 9.45. The largest absolute Gasteiger partial charge is 0.325 e. The molecule has 0 aliphatic heterocycles. The zero-order valence-electron chi connectivity index (χ0n) is 16.2. The van der Waals surface area contributed by atoms with Crippen LogP contribution in [0.25, 0.3) is 10.2 Å². The number of anilines is 1. The molecule has 146 valence electrons. The van der Waals surface area contributed by atoms with Crippen molar-refractivity contribution in [1.29, 1.82) is 0 Å². The van der Waals surface area contributed by atoms with Crippen LogP contribution in [-0.4, -0.2) is 21.1 Å². The number of carbonyl (C=O) groups is 1. The number of nitrogens with one attached hydrogen (secondary N) is 2. The molecule has 1 aromatic carbocycles. The first-order chi connectivity index (χ1) is 13.4. The summed E-state index contributed by atoms with van der Waals surface area (Å²) in [4.78, 5) is 34.2. The Labute approximate surface area is 172 Å². The summed E-state index contributed by atoms with van der Waals surface area (Å²) in [5, 5.41) is 3.44. The number of amides is 1. The molecular weight excluding hydrogens is 390 g/mol. The molecular formula is C21H23N3O2S2. The number of hydrogen-bond acceptors (Lipinski definition) is 5. The number of thiophene rings is 1. The minimum atomic E-state index is -0.249. The first kappa shape index (κ1) is 19.2. The Hall–Kier alpha value is -2.12. The van der Waals surface area contributed by atoms with Crippen LogP contribution in [0.1, 0.15) is 40.7 Å². The molecule has 0 saturated carbocycles. The third-order valence-corrected chi connectivity index (χ3v) is 7.55. The lowest BCUT2D eigenvalue weighted by Crippen LogP contribution is -2.23. The van der Waals surface area contributed by atoms with Gasteiger partial charge in [-0.25, -0.2) is 4.98 Å². The molecule has 0 fully saturated rings. The highest BCUT2D eigenvalue weighted by Gasteiger charge is 2.17. The predicted molar refractivity (Wildman–Crippen MR) is 118 cm³/mol. The number of aromatic nitrogens is 2. The van der Waals surface area contributed by atoms with E-state index >= 15 is 0 Å². The molecule has 4 rings (SSSR count). The molecule has 0 radical (unpaired) electrons. The molecule has 5 nitrogen and oxygen atoms in total. The van der Waals surface area contributed by atoms with Gasteiger partial charge in [0.05, 0.1) is 16.4 Å². The monoisotopic (exact) mass is 413 g/mol. The Bertz CT molecular complexity index is 1120. The molecule has 0 saturated heterocycles. The molecule has 7 heteroatoms. The highest BCUT2D eigenvalue weighted by molar-refractivity contribution is 7.99. The van der Waals surface area contributed by atoms with Crippen molar-refractivity contribution in [1.82, 2.24) is 9.97 Å². The summed E-state index contributed by atoms with van der Waals surface area (Å²) >= 11 is 3.01. The summed E-state index contributed by atoms with van der Waals surface area (Å²) < 4.78 is 0. The number of carbonyl (C=O) groups excluding carboxylic acids is 1. The lowest BCUT2D eigenvalue weighted by Gasteiger charge is -2.12. The molecule has 3 aromatic rings. The Kier molecular flexibility index (Phi) is 5.29. The van der Waals surface area contributed by atoms with E-state index in [1.54, 1.807) is 0 Å². The molecule has 2 N–H and O–H groups in total. The summed E-state index contributed by atoms with van der Waals surface area (Å²) in [5.41, 5.74) is 4.49. The Morgan fingerprint density at radius 3 is 2.93 bits per heavy atom. The second kappa shape index (κ2) is 7.72. The summed E-state index contributed by atoms with van der Waals surface area (Å²) in [5.74, 6) is 1.06. The maximum absolute atomic E-state index is 12.5. The van der Waals surface area contributed by atoms with Crippen molar-refractivity contribution in [3.63, 3.8) is 0 Å². The van der Waals surface area contributed by atoms with Gasteiger partial charge in [-0.05, 0) is 68.9 Å². The Balaban J connectivity index is 1.41. The van der Waals surface area contributed by atoms with E-state index in [2.05, 4.69) is 27.4 Å². The van der Waals surface area contributed by atoms with Crippen molar-refractivity contribution < 1.29 is 4.79 Å². The number of H-pyrrole nitrogens is 1. The van der Waals surface area contributed by atoms with Gasteiger partial charge < -0.3 is 10.3 Å². The zero-order chi connectivity index (χ0) is 19.8. The lowest BCUT2D eigenvalue weighted by molar-refractivity contribution is -0.115. The quantitative estimate of drug-likeness (QED) is 0.652. The van der Waals surface area contributed by atoms with Crippen LogP contribution in [0.3, 0.4) is 0 Å². The normalized spacial score (nSPS) is 14.2. The zero-order valence-corrected chi connectivity index (χ0v) is 17.9. The minimum Gasteiger partial charge on any atom is -0.325 e. The number of aryl methyl sites for hydroxylation is 4. The highest BCUT2D eigenvalue weighted by Crippen LogP contribution is 2.27. The summed E-state index contributed by atoms with van der Waals surface area (Å²) in [6.07, 6.45) is 3.42. The van der Waals surface area contributed by atoms with Crippen molar-refractivity contribution in [3.8, 4) is 0 Å². The Morgan fingerprint density at radius 2 is 2.11 bits per heavy atom. The van der Waals surface area contributed by atoms with Crippen LogP contribution in [-0.2, 0) is 23.4 Å². The number of hydrogen-bond donors (Lipinski definition) is 2. The predicted octanol–water partition coefficient (Wildman–Crippen LogP) is 4.35. The summed E-state index contributed by atoms with van der Waals surface area (Å²) in [6, 6.07) is 6.19. The second-order valence-electron chi connectivity index (χ2n) is 7.26. The van der Waals surface area contributed by atoms with Crippen molar-refractivity contribution in [2.24, 2.45) is 0 Å². The number of aromatic amines is 1. The number of rotatable bonds is 5. The average molecular weight is 414 g/mol. The van der Waals surface area contributed by atoms with Crippen molar-refractivity contribution in [2.45, 2.75) is 51.0 Å². The third-order valence-electron chi connectivity index (χ3n) is 5.29. The van der Waals surface area contributed by atoms with Crippen LogP contribution in [0.15, 0.2) is 23.0 Å². The van der Waals surface area contributed by atoms with Crippen LogP contribution >= 0.6 is 23.1 Å². The minimum absolute atomic E-state index is 0.0332. The van der Waals surface area contributed by atoms with Crippen molar-refractivity contribution in [2.75, 3.05) is 5.32 Å². The number of fused-ring (bicyclic) bond motifs is 2. The first-order valence-corrected chi connectivity index (χ1v) is 11.3.